The molecule has 0 atom stereocenters. The Hall–Kier alpha value is -16.0. The summed E-state index contributed by atoms with van der Waals surface area (Å²) in [7, 11) is 0. The molecule has 0 bridgehead atoms. The highest BCUT2D eigenvalue weighted by molar-refractivity contribution is 6.13. The number of aromatic nitrogens is 14. The predicted octanol–water partition coefficient (Wildman–Crippen LogP) is 23.5. The first-order chi connectivity index (χ1) is 57.5. The Morgan fingerprint density at radius 2 is 0.453 bits per heavy atom. The third kappa shape index (κ3) is 13.2. The third-order valence-corrected chi connectivity index (χ3v) is 20.9. The molecule has 0 fully saturated rings. The van der Waals surface area contributed by atoms with Crippen LogP contribution in [0.15, 0.2) is 346 Å². The summed E-state index contributed by atoms with van der Waals surface area (Å²) in [6.45, 7) is 1.68. The van der Waals surface area contributed by atoms with Crippen LogP contribution in [0.4, 0.5) is 13.2 Å². The lowest BCUT2D eigenvalue weighted by atomic mass is 9.92. The summed E-state index contributed by atoms with van der Waals surface area (Å²) < 4.78 is 53.2. The normalized spacial score (nSPS) is 11.6. The molecule has 117 heavy (non-hydrogen) atoms. The second kappa shape index (κ2) is 29.3. The summed E-state index contributed by atoms with van der Waals surface area (Å²) in [5, 5.41) is 15.8. The first kappa shape index (κ1) is 70.1. The van der Waals surface area contributed by atoms with Crippen LogP contribution in [0.2, 0.25) is 0 Å². The van der Waals surface area contributed by atoms with Crippen molar-refractivity contribution in [1.82, 2.24) is 68.9 Å². The standard InChI is InChI=1S/C99H60F3N15/c1-60-27-26-44-79(99(100,101)102)86(60)73-57-84(116-80-53-69(95-108-87(61-28-10-2-11-29-61)104-88(109-95)62-30-12-3-13-31-62)45-49-74(80)75-50-46-70(54-81(75)116)96-110-89(63-32-14-4-15-33-63)105-90(111-96)64-34-16-5-17-35-64)78(59-103)85(58-73)117-82-55-71(97-112-91(65-36-18-6-19-37-65)106-92(113-97)66-38-20-7-21-39-66)47-51-76(82)77-52-48-72(56-83(77)117)98-114-93(67-40-22-8-23-41-67)107-94(115-98)68-42-24-9-25-43-68/h2-58H,1H3. The maximum atomic E-state index is 16.4. The van der Waals surface area contributed by atoms with Crippen molar-refractivity contribution in [2.75, 3.05) is 0 Å². The number of nitriles is 1. The van der Waals surface area contributed by atoms with Gasteiger partial charge in [0, 0.05) is 88.3 Å². The molecule has 20 rings (SSSR count). The van der Waals surface area contributed by atoms with Crippen molar-refractivity contribution in [2.24, 2.45) is 0 Å². The van der Waals surface area contributed by atoms with Crippen molar-refractivity contribution in [3.8, 4) is 165 Å². The maximum Gasteiger partial charge on any atom is 0.417 e. The van der Waals surface area contributed by atoms with Crippen molar-refractivity contribution in [3.05, 3.63) is 362 Å². The van der Waals surface area contributed by atoms with E-state index in [1.54, 1.807) is 25.1 Å². The topological polar surface area (TPSA) is 188 Å². The molecule has 20 aromatic rings. The molecule has 6 aromatic heterocycles. The van der Waals surface area contributed by atoms with Crippen LogP contribution < -0.4 is 0 Å². The van der Waals surface area contributed by atoms with Crippen LogP contribution in [0.3, 0.4) is 0 Å². The van der Waals surface area contributed by atoms with Gasteiger partial charge in [-0.15, -0.1) is 0 Å². The van der Waals surface area contributed by atoms with Gasteiger partial charge in [0.2, 0.25) is 0 Å². The van der Waals surface area contributed by atoms with Crippen LogP contribution in [-0.2, 0) is 6.18 Å². The van der Waals surface area contributed by atoms with E-state index in [2.05, 4.69) is 6.07 Å². The van der Waals surface area contributed by atoms with E-state index in [4.69, 9.17) is 59.8 Å². The third-order valence-electron chi connectivity index (χ3n) is 20.9. The highest BCUT2D eigenvalue weighted by Gasteiger charge is 2.36. The molecule has 15 nitrogen and oxygen atoms in total. The SMILES string of the molecule is Cc1cccc(C(F)(F)F)c1-c1cc(-n2c3cc(-c4nc(-c5ccccc5)nc(-c5ccccc5)n4)ccc3c3ccc(-c4nc(-c5ccccc5)nc(-c5ccccc5)n4)cc32)c(C#N)c(-n2c3cc(-c4nc(-c5ccccc5)nc(-c5ccccc5)n4)ccc3c3ccc(-c4nc(-c5ccccc5)nc(-c5ccccc5)n4)cc32)c1. The second-order valence-electron chi connectivity index (χ2n) is 28.2. The number of hydrogen-bond donors (Lipinski definition) is 0. The monoisotopic (exact) mass is 1520 g/mol. The van der Waals surface area contributed by atoms with Gasteiger partial charge in [-0.25, -0.2) is 59.8 Å². The van der Waals surface area contributed by atoms with Gasteiger partial charge in [-0.05, 0) is 66.1 Å². The fourth-order valence-corrected chi connectivity index (χ4v) is 15.4. The Balaban J connectivity index is 0.913. The molecule has 0 saturated carbocycles. The average molecular weight is 1520 g/mol. The van der Waals surface area contributed by atoms with Crippen LogP contribution in [0.25, 0.3) is 203 Å². The smallest absolute Gasteiger partial charge is 0.308 e. The number of hydrogen-bond acceptors (Lipinski definition) is 13. The van der Waals surface area contributed by atoms with Crippen molar-refractivity contribution in [1.29, 1.82) is 5.26 Å². The molecule has 0 spiro atoms. The largest absolute Gasteiger partial charge is 0.417 e. The average Bonchev–Trinajstić information content (AvgIpc) is 1.57. The molecule has 0 unspecified atom stereocenters. The Bertz CT molecular complexity index is 6300. The summed E-state index contributed by atoms with van der Waals surface area (Å²) in [6.07, 6.45) is -4.87. The van der Waals surface area contributed by atoms with Crippen LogP contribution in [0.1, 0.15) is 16.7 Å². The first-order valence-corrected chi connectivity index (χ1v) is 37.9. The van der Waals surface area contributed by atoms with Crippen LogP contribution in [-0.4, -0.2) is 68.9 Å². The maximum absolute atomic E-state index is 16.4. The zero-order valence-corrected chi connectivity index (χ0v) is 62.3. The van der Waals surface area contributed by atoms with E-state index in [-0.39, 0.29) is 28.1 Å². The lowest BCUT2D eigenvalue weighted by molar-refractivity contribution is -0.137. The van der Waals surface area contributed by atoms with Gasteiger partial charge in [-0.2, -0.15) is 18.4 Å². The number of rotatable bonds is 15. The van der Waals surface area contributed by atoms with Crippen molar-refractivity contribution in [3.63, 3.8) is 0 Å². The lowest BCUT2D eigenvalue weighted by Crippen LogP contribution is -2.10. The van der Waals surface area contributed by atoms with E-state index in [1.165, 1.54) is 6.07 Å². The molecule has 0 amide bonds. The Labute approximate surface area is 667 Å². The zero-order valence-electron chi connectivity index (χ0n) is 62.3. The molecule has 0 aliphatic carbocycles. The number of fused-ring (bicyclic) bond motifs is 6. The number of nitrogens with zero attached hydrogens (tertiary/aromatic N) is 15. The molecule has 0 aliphatic rings. The summed E-state index contributed by atoms with van der Waals surface area (Å²) >= 11 is 0. The molecular weight excluding hydrogens is 1460 g/mol. The second-order valence-corrected chi connectivity index (χ2v) is 28.2. The summed E-state index contributed by atoms with van der Waals surface area (Å²) in [5.41, 5.74) is 10.6. The van der Waals surface area contributed by atoms with Gasteiger partial charge in [-0.1, -0.05) is 303 Å². The molecular formula is C99H60F3N15. The van der Waals surface area contributed by atoms with Crippen molar-refractivity contribution in [2.45, 2.75) is 13.1 Å². The first-order valence-electron chi connectivity index (χ1n) is 37.9. The summed E-state index contributed by atoms with van der Waals surface area (Å²) in [5.74, 6) is 4.80. The predicted molar refractivity (Wildman–Crippen MR) is 454 cm³/mol. The van der Waals surface area contributed by atoms with Crippen molar-refractivity contribution < 1.29 is 13.2 Å². The quantitative estimate of drug-likeness (QED) is 0.0944. The Kier molecular flexibility index (Phi) is 17.5. The van der Waals surface area contributed by atoms with E-state index in [0.717, 1.165) is 72.1 Å². The van der Waals surface area contributed by atoms with Gasteiger partial charge in [0.25, 0.3) is 0 Å². The van der Waals surface area contributed by atoms with Crippen LogP contribution >= 0.6 is 0 Å². The molecule has 14 aromatic carbocycles. The van der Waals surface area contributed by atoms with E-state index in [1.807, 2.05) is 325 Å². The van der Waals surface area contributed by atoms with Crippen LogP contribution in [0, 0.1) is 18.3 Å². The Morgan fingerprint density at radius 1 is 0.239 bits per heavy atom. The van der Waals surface area contributed by atoms with Gasteiger partial charge in [0.15, 0.2) is 69.9 Å². The molecule has 552 valence electrons. The molecule has 0 N–H and O–H groups in total. The minimum Gasteiger partial charge on any atom is -0.308 e. The van der Waals surface area contributed by atoms with E-state index in [0.29, 0.717) is 120 Å². The molecule has 18 heteroatoms. The lowest BCUT2D eigenvalue weighted by Gasteiger charge is -2.21. The summed E-state index contributed by atoms with van der Waals surface area (Å²) in [4.78, 5) is 61.9. The fraction of sp³-hybridized carbons (Fsp3) is 0.0202. The number of halogens is 3. The zero-order chi connectivity index (χ0) is 78.7. The highest BCUT2D eigenvalue weighted by atomic mass is 19.4. The van der Waals surface area contributed by atoms with E-state index >= 15 is 13.2 Å². The van der Waals surface area contributed by atoms with Gasteiger partial charge in [-0.3, -0.25) is 0 Å². The molecule has 0 radical (unpaired) electrons. The van der Waals surface area contributed by atoms with Gasteiger partial charge in [0.05, 0.1) is 39.0 Å². The van der Waals surface area contributed by atoms with Crippen LogP contribution in [0.5, 0.6) is 0 Å². The number of alkyl halides is 3. The highest BCUT2D eigenvalue weighted by Crippen LogP contribution is 2.47. The molecule has 0 saturated heterocycles. The number of benzene rings is 14. The van der Waals surface area contributed by atoms with E-state index in [9.17, 15) is 5.26 Å². The Morgan fingerprint density at radius 3 is 0.658 bits per heavy atom. The van der Waals surface area contributed by atoms with Crippen molar-refractivity contribution >= 4 is 43.6 Å². The van der Waals surface area contributed by atoms with Gasteiger partial charge in [0.1, 0.15) is 11.6 Å². The van der Waals surface area contributed by atoms with E-state index < -0.39 is 11.7 Å². The van der Waals surface area contributed by atoms with Gasteiger partial charge < -0.3 is 9.13 Å². The summed E-state index contributed by atoms with van der Waals surface area (Å²) in [6, 6.07) is 112. The molecule has 0 aliphatic heterocycles. The fourth-order valence-electron chi connectivity index (χ4n) is 15.4. The minimum atomic E-state index is -4.87. The molecule has 6 heterocycles. The number of aryl methyl sites for hydroxylation is 1. The minimum absolute atomic E-state index is 0.0802. The van der Waals surface area contributed by atoms with Gasteiger partial charge >= 0.3 is 6.18 Å².